The summed E-state index contributed by atoms with van der Waals surface area (Å²) in [7, 11) is 3.56. The van der Waals surface area contributed by atoms with E-state index in [4.69, 9.17) is 4.74 Å². The molecule has 1 aromatic carbocycles. The Morgan fingerprint density at radius 1 is 1.17 bits per heavy atom. The Labute approximate surface area is 197 Å². The lowest BCUT2D eigenvalue weighted by molar-refractivity contribution is 0.239. The zero-order chi connectivity index (χ0) is 20.5. The smallest absolute Gasteiger partial charge is 0.191 e. The number of likely N-dealkylation sites (tertiary alicyclic amines) is 1. The monoisotopic (exact) mass is 523 g/mol. The van der Waals surface area contributed by atoms with Gasteiger partial charge in [0.2, 0.25) is 0 Å². The number of ether oxygens (including phenoxy) is 1. The number of nitrogens with one attached hydrogen (secondary N) is 2. The Balaban J connectivity index is 0.00000320. The fraction of sp³-hybridized carbons (Fsp3) is 0.478. The minimum atomic E-state index is 0. The molecule has 0 radical (unpaired) electrons. The standard InChI is InChI=1S/C23H33N5O.HI/c1-18-10-11-19(16-26-18)12-13-25-23(24-2)27-17-21(28-14-6-7-15-28)20-8-4-5-9-22(20)29-3;/h4-5,8-11,16,21H,6-7,12-15,17H2,1-3H3,(H2,24,25,27);1H. The van der Waals surface area contributed by atoms with Gasteiger partial charge in [0.05, 0.1) is 13.2 Å². The normalized spacial score (nSPS) is 15.4. The molecular weight excluding hydrogens is 489 g/mol. The number of rotatable bonds is 8. The molecule has 1 atom stereocenters. The fourth-order valence-electron chi connectivity index (χ4n) is 3.82. The molecule has 164 valence electrons. The molecule has 7 heteroatoms. The van der Waals surface area contributed by atoms with Crippen LogP contribution in [0.5, 0.6) is 5.75 Å². The maximum atomic E-state index is 5.64. The number of halogens is 1. The number of hydrogen-bond acceptors (Lipinski definition) is 4. The summed E-state index contributed by atoms with van der Waals surface area (Å²) in [5, 5.41) is 6.94. The molecule has 30 heavy (non-hydrogen) atoms. The van der Waals surface area contributed by atoms with Gasteiger partial charge >= 0.3 is 0 Å². The van der Waals surface area contributed by atoms with E-state index in [0.29, 0.717) is 0 Å². The third kappa shape index (κ3) is 6.84. The number of pyridine rings is 1. The predicted molar refractivity (Wildman–Crippen MR) is 134 cm³/mol. The van der Waals surface area contributed by atoms with Gasteiger partial charge in [-0.2, -0.15) is 0 Å². The van der Waals surface area contributed by atoms with Gasteiger partial charge in [0, 0.05) is 37.6 Å². The number of methoxy groups -OCH3 is 1. The van der Waals surface area contributed by atoms with Gasteiger partial charge in [-0.05, 0) is 57.0 Å². The summed E-state index contributed by atoms with van der Waals surface area (Å²) in [4.78, 5) is 11.3. The van der Waals surface area contributed by atoms with E-state index >= 15 is 0 Å². The number of hydrogen-bond donors (Lipinski definition) is 2. The first-order chi connectivity index (χ1) is 14.2. The molecule has 6 nitrogen and oxygen atoms in total. The molecule has 1 saturated heterocycles. The number of benzene rings is 1. The van der Waals surface area contributed by atoms with Gasteiger partial charge in [-0.25, -0.2) is 0 Å². The molecule has 1 unspecified atom stereocenters. The molecule has 0 bridgehead atoms. The van der Waals surface area contributed by atoms with E-state index < -0.39 is 0 Å². The first kappa shape index (κ1) is 24.4. The lowest BCUT2D eigenvalue weighted by Crippen LogP contribution is -2.43. The van der Waals surface area contributed by atoms with Gasteiger partial charge in [0.25, 0.3) is 0 Å². The topological polar surface area (TPSA) is 61.8 Å². The van der Waals surface area contributed by atoms with Crippen LogP contribution in [0, 0.1) is 6.92 Å². The van der Waals surface area contributed by atoms with Crippen molar-refractivity contribution in [1.82, 2.24) is 20.5 Å². The molecular formula is C23H34IN5O. The number of para-hydroxylation sites is 1. The molecule has 2 N–H and O–H groups in total. The minimum Gasteiger partial charge on any atom is -0.496 e. The third-order valence-electron chi connectivity index (χ3n) is 5.44. The highest BCUT2D eigenvalue weighted by Crippen LogP contribution is 2.31. The van der Waals surface area contributed by atoms with Gasteiger partial charge in [-0.15, -0.1) is 24.0 Å². The van der Waals surface area contributed by atoms with Crippen LogP contribution in [-0.2, 0) is 6.42 Å². The van der Waals surface area contributed by atoms with E-state index in [-0.39, 0.29) is 30.0 Å². The average Bonchev–Trinajstić information content (AvgIpc) is 3.29. The molecule has 2 aromatic rings. The van der Waals surface area contributed by atoms with Crippen molar-refractivity contribution in [3.63, 3.8) is 0 Å². The van der Waals surface area contributed by atoms with Crippen molar-refractivity contribution >= 4 is 29.9 Å². The Kier molecular flexibility index (Phi) is 10.4. The second-order valence-electron chi connectivity index (χ2n) is 7.44. The van der Waals surface area contributed by atoms with Gasteiger partial charge in [-0.1, -0.05) is 24.3 Å². The van der Waals surface area contributed by atoms with E-state index in [1.165, 1.54) is 24.0 Å². The van der Waals surface area contributed by atoms with Crippen LogP contribution in [0.1, 0.15) is 35.7 Å². The van der Waals surface area contributed by atoms with Gasteiger partial charge in [0.1, 0.15) is 5.75 Å². The van der Waals surface area contributed by atoms with Gasteiger partial charge in [-0.3, -0.25) is 14.9 Å². The molecule has 3 rings (SSSR count). The van der Waals surface area contributed by atoms with Crippen molar-refractivity contribution in [2.75, 3.05) is 40.3 Å². The first-order valence-corrected chi connectivity index (χ1v) is 10.4. The molecule has 2 heterocycles. The van der Waals surface area contributed by atoms with Crippen LogP contribution < -0.4 is 15.4 Å². The van der Waals surface area contributed by atoms with E-state index in [0.717, 1.165) is 50.0 Å². The number of aromatic nitrogens is 1. The van der Waals surface area contributed by atoms with Crippen LogP contribution in [0.25, 0.3) is 0 Å². The average molecular weight is 523 g/mol. The maximum absolute atomic E-state index is 5.64. The van der Waals surface area contributed by atoms with E-state index in [1.54, 1.807) is 7.11 Å². The summed E-state index contributed by atoms with van der Waals surface area (Å²) in [5.74, 6) is 1.77. The van der Waals surface area contributed by atoms with Crippen LogP contribution in [0.4, 0.5) is 0 Å². The highest BCUT2D eigenvalue weighted by Gasteiger charge is 2.25. The summed E-state index contributed by atoms with van der Waals surface area (Å²) in [6.07, 6.45) is 5.36. The zero-order valence-corrected chi connectivity index (χ0v) is 20.6. The maximum Gasteiger partial charge on any atom is 0.191 e. The second kappa shape index (κ2) is 12.7. The summed E-state index contributed by atoms with van der Waals surface area (Å²) >= 11 is 0. The highest BCUT2D eigenvalue weighted by atomic mass is 127. The van der Waals surface area contributed by atoms with Crippen LogP contribution in [-0.4, -0.2) is 56.2 Å². The third-order valence-corrected chi connectivity index (χ3v) is 5.44. The zero-order valence-electron chi connectivity index (χ0n) is 18.2. The Hall–Kier alpha value is -1.87. The Morgan fingerprint density at radius 3 is 2.60 bits per heavy atom. The van der Waals surface area contributed by atoms with Crippen molar-refractivity contribution < 1.29 is 4.74 Å². The van der Waals surface area contributed by atoms with Gasteiger partial charge in [0.15, 0.2) is 5.96 Å². The Morgan fingerprint density at radius 2 is 1.93 bits per heavy atom. The molecule has 1 aliphatic rings. The van der Waals surface area contributed by atoms with E-state index in [1.807, 2.05) is 32.3 Å². The quantitative estimate of drug-likeness (QED) is 0.315. The van der Waals surface area contributed by atoms with Gasteiger partial charge < -0.3 is 15.4 Å². The SMILES string of the molecule is CN=C(NCCc1ccc(C)nc1)NCC(c1ccccc1OC)N1CCCC1.I. The number of nitrogens with zero attached hydrogens (tertiary/aromatic N) is 3. The van der Waals surface area contributed by atoms with E-state index in [9.17, 15) is 0 Å². The van der Waals surface area contributed by atoms with Crippen molar-refractivity contribution in [2.45, 2.75) is 32.2 Å². The molecule has 0 saturated carbocycles. The predicted octanol–water partition coefficient (Wildman–Crippen LogP) is 3.56. The van der Waals surface area contributed by atoms with E-state index in [2.05, 4.69) is 49.8 Å². The lowest BCUT2D eigenvalue weighted by Gasteiger charge is -2.30. The molecule has 0 amide bonds. The first-order valence-electron chi connectivity index (χ1n) is 10.4. The molecule has 0 spiro atoms. The lowest BCUT2D eigenvalue weighted by atomic mass is 10.0. The second-order valence-corrected chi connectivity index (χ2v) is 7.44. The van der Waals surface area contributed by atoms with Crippen molar-refractivity contribution in [3.05, 3.63) is 59.4 Å². The van der Waals surface area contributed by atoms with Crippen molar-refractivity contribution in [1.29, 1.82) is 0 Å². The number of aryl methyl sites for hydroxylation is 1. The number of aliphatic imine (C=N–C) groups is 1. The van der Waals surface area contributed by atoms with Crippen molar-refractivity contribution in [3.8, 4) is 5.75 Å². The molecule has 1 aliphatic heterocycles. The fourth-order valence-corrected chi connectivity index (χ4v) is 3.82. The largest absolute Gasteiger partial charge is 0.496 e. The van der Waals surface area contributed by atoms with Crippen molar-refractivity contribution in [2.24, 2.45) is 4.99 Å². The summed E-state index contributed by atoms with van der Waals surface area (Å²) < 4.78 is 5.64. The Bertz CT molecular complexity index is 790. The highest BCUT2D eigenvalue weighted by molar-refractivity contribution is 14.0. The number of guanidine groups is 1. The minimum absolute atomic E-state index is 0. The summed E-state index contributed by atoms with van der Waals surface area (Å²) in [5.41, 5.74) is 3.50. The molecule has 1 aromatic heterocycles. The van der Waals surface area contributed by atoms with Crippen LogP contribution >= 0.6 is 24.0 Å². The molecule has 0 aliphatic carbocycles. The molecule has 1 fully saturated rings. The van der Waals surface area contributed by atoms with Crippen LogP contribution in [0.3, 0.4) is 0 Å². The van der Waals surface area contributed by atoms with Crippen LogP contribution in [0.2, 0.25) is 0 Å². The van der Waals surface area contributed by atoms with Crippen LogP contribution in [0.15, 0.2) is 47.6 Å². The summed E-state index contributed by atoms with van der Waals surface area (Å²) in [6.45, 7) is 5.85. The summed E-state index contributed by atoms with van der Waals surface area (Å²) in [6, 6.07) is 12.8.